The molecule has 1 aromatic rings. The molecule has 18 heavy (non-hydrogen) atoms. The fourth-order valence-electron chi connectivity index (χ4n) is 2.32. The third kappa shape index (κ3) is 3.37. The van der Waals surface area contributed by atoms with Gasteiger partial charge in [-0.2, -0.15) is 0 Å². The van der Waals surface area contributed by atoms with Crippen LogP contribution in [0.15, 0.2) is 24.3 Å². The van der Waals surface area contributed by atoms with Gasteiger partial charge in [0.2, 0.25) is 0 Å². The van der Waals surface area contributed by atoms with Crippen LogP contribution in [-0.4, -0.2) is 30.8 Å². The number of methoxy groups -OCH3 is 1. The first-order valence-electron chi connectivity index (χ1n) is 5.81. The van der Waals surface area contributed by atoms with E-state index in [1.807, 2.05) is 12.1 Å². The molecule has 2 atom stereocenters. The Hall–Kier alpha value is -1.26. The quantitative estimate of drug-likeness (QED) is 0.806. The van der Waals surface area contributed by atoms with E-state index in [1.165, 1.54) is 7.11 Å². The lowest BCUT2D eigenvalue weighted by molar-refractivity contribution is -0.143. The maximum Gasteiger partial charge on any atom is 0.322 e. The number of phenolic OH excluding ortho intramolecular Hbond substituents is 1. The predicted octanol–water partition coefficient (Wildman–Crippen LogP) is 1.82. The van der Waals surface area contributed by atoms with Gasteiger partial charge in [0.15, 0.2) is 0 Å². The normalized spacial score (nSPS) is 22.9. The number of hydrogen-bond acceptors (Lipinski definition) is 4. The number of piperidine rings is 1. The summed E-state index contributed by atoms with van der Waals surface area (Å²) in [6.07, 6.45) is 1.69. The molecule has 2 unspecified atom stereocenters. The SMILES string of the molecule is COC(=O)C1CC(c2cccc(O)c2)CCN1.Cl. The lowest BCUT2D eigenvalue weighted by atomic mass is 9.86. The third-order valence-electron chi connectivity index (χ3n) is 3.23. The molecule has 100 valence electrons. The maximum absolute atomic E-state index is 11.5. The molecule has 0 aliphatic carbocycles. The van der Waals surface area contributed by atoms with Gasteiger partial charge in [-0.1, -0.05) is 12.1 Å². The Balaban J connectivity index is 0.00000162. The Labute approximate surface area is 113 Å². The van der Waals surface area contributed by atoms with Crippen molar-refractivity contribution in [2.24, 2.45) is 0 Å². The summed E-state index contributed by atoms with van der Waals surface area (Å²) >= 11 is 0. The molecule has 1 aliphatic heterocycles. The standard InChI is InChI=1S/C13H17NO3.ClH/c1-17-13(16)12-8-10(5-6-14-12)9-3-2-4-11(15)7-9;/h2-4,7,10,12,14-15H,5-6,8H2,1H3;1H. The molecule has 0 aromatic heterocycles. The Morgan fingerprint density at radius 1 is 1.50 bits per heavy atom. The average Bonchev–Trinajstić information content (AvgIpc) is 2.38. The number of halogens is 1. The van der Waals surface area contributed by atoms with Gasteiger partial charge in [-0.15, -0.1) is 12.4 Å². The van der Waals surface area contributed by atoms with Crippen LogP contribution in [0.25, 0.3) is 0 Å². The van der Waals surface area contributed by atoms with Gasteiger partial charge in [-0.3, -0.25) is 4.79 Å². The molecule has 0 saturated carbocycles. The summed E-state index contributed by atoms with van der Waals surface area (Å²) < 4.78 is 4.75. The second kappa shape index (κ2) is 6.61. The van der Waals surface area contributed by atoms with Crippen molar-refractivity contribution < 1.29 is 14.6 Å². The summed E-state index contributed by atoms with van der Waals surface area (Å²) in [5.74, 6) is 0.359. The number of rotatable bonds is 2. The topological polar surface area (TPSA) is 58.6 Å². The van der Waals surface area contributed by atoms with Crippen LogP contribution in [-0.2, 0) is 9.53 Å². The Kier molecular flexibility index (Phi) is 5.44. The Morgan fingerprint density at radius 3 is 2.94 bits per heavy atom. The van der Waals surface area contributed by atoms with E-state index >= 15 is 0 Å². The van der Waals surface area contributed by atoms with Crippen molar-refractivity contribution in [3.63, 3.8) is 0 Å². The number of phenols is 1. The zero-order valence-electron chi connectivity index (χ0n) is 10.3. The van der Waals surface area contributed by atoms with E-state index in [9.17, 15) is 9.90 Å². The first kappa shape index (κ1) is 14.8. The zero-order valence-corrected chi connectivity index (χ0v) is 11.1. The minimum absolute atomic E-state index is 0. The lowest BCUT2D eigenvalue weighted by Crippen LogP contribution is -2.43. The van der Waals surface area contributed by atoms with Gasteiger partial charge in [-0.05, 0) is 43.0 Å². The van der Waals surface area contributed by atoms with E-state index in [2.05, 4.69) is 5.32 Å². The average molecular weight is 272 g/mol. The van der Waals surface area contributed by atoms with Gasteiger partial charge in [-0.25, -0.2) is 0 Å². The highest BCUT2D eigenvalue weighted by Gasteiger charge is 2.28. The van der Waals surface area contributed by atoms with Crippen LogP contribution in [0.3, 0.4) is 0 Å². The summed E-state index contributed by atoms with van der Waals surface area (Å²) in [6.45, 7) is 0.792. The molecule has 0 radical (unpaired) electrons. The van der Waals surface area contributed by atoms with Crippen molar-refractivity contribution in [1.29, 1.82) is 0 Å². The monoisotopic (exact) mass is 271 g/mol. The third-order valence-corrected chi connectivity index (χ3v) is 3.23. The molecule has 1 saturated heterocycles. The minimum atomic E-state index is -0.235. The highest BCUT2D eigenvalue weighted by Crippen LogP contribution is 2.29. The van der Waals surface area contributed by atoms with Crippen LogP contribution in [0, 0.1) is 0 Å². The number of hydrogen-bond donors (Lipinski definition) is 2. The van der Waals surface area contributed by atoms with Crippen molar-refractivity contribution in [2.45, 2.75) is 24.8 Å². The van der Waals surface area contributed by atoms with Crippen LogP contribution in [0.4, 0.5) is 0 Å². The van der Waals surface area contributed by atoms with Crippen molar-refractivity contribution in [3.8, 4) is 5.75 Å². The molecular formula is C13H18ClNO3. The molecule has 1 heterocycles. The van der Waals surface area contributed by atoms with Gasteiger partial charge in [0.1, 0.15) is 11.8 Å². The lowest BCUT2D eigenvalue weighted by Gasteiger charge is -2.28. The smallest absolute Gasteiger partial charge is 0.322 e. The number of ether oxygens (including phenoxy) is 1. The number of esters is 1. The molecule has 2 N–H and O–H groups in total. The van der Waals surface area contributed by atoms with Crippen LogP contribution < -0.4 is 5.32 Å². The summed E-state index contributed by atoms with van der Waals surface area (Å²) in [6, 6.07) is 7.01. The van der Waals surface area contributed by atoms with E-state index in [0.717, 1.165) is 24.9 Å². The van der Waals surface area contributed by atoms with Crippen LogP contribution >= 0.6 is 12.4 Å². The summed E-state index contributed by atoms with van der Waals surface area (Å²) in [5.41, 5.74) is 1.08. The Morgan fingerprint density at radius 2 is 2.28 bits per heavy atom. The van der Waals surface area contributed by atoms with Crippen molar-refractivity contribution in [1.82, 2.24) is 5.32 Å². The van der Waals surface area contributed by atoms with Gasteiger partial charge < -0.3 is 15.2 Å². The van der Waals surface area contributed by atoms with Crippen molar-refractivity contribution in [3.05, 3.63) is 29.8 Å². The molecule has 0 bridgehead atoms. The molecular weight excluding hydrogens is 254 g/mol. The first-order chi connectivity index (χ1) is 8.20. The summed E-state index contributed by atoms with van der Waals surface area (Å²) in [7, 11) is 1.40. The highest BCUT2D eigenvalue weighted by atomic mass is 35.5. The minimum Gasteiger partial charge on any atom is -0.508 e. The van der Waals surface area contributed by atoms with Crippen LogP contribution in [0.5, 0.6) is 5.75 Å². The van der Waals surface area contributed by atoms with Gasteiger partial charge in [0.05, 0.1) is 7.11 Å². The van der Waals surface area contributed by atoms with Gasteiger partial charge in [0, 0.05) is 0 Å². The fraction of sp³-hybridized carbons (Fsp3) is 0.462. The van der Waals surface area contributed by atoms with Gasteiger partial charge >= 0.3 is 5.97 Å². The number of aromatic hydroxyl groups is 1. The highest BCUT2D eigenvalue weighted by molar-refractivity contribution is 5.85. The second-order valence-electron chi connectivity index (χ2n) is 4.35. The van der Waals surface area contributed by atoms with E-state index in [1.54, 1.807) is 12.1 Å². The van der Waals surface area contributed by atoms with Crippen molar-refractivity contribution in [2.75, 3.05) is 13.7 Å². The zero-order chi connectivity index (χ0) is 12.3. The maximum atomic E-state index is 11.5. The van der Waals surface area contributed by atoms with E-state index in [-0.39, 0.29) is 30.2 Å². The molecule has 0 spiro atoms. The number of carbonyl (C=O) groups excluding carboxylic acids is 1. The van der Waals surface area contributed by atoms with E-state index < -0.39 is 0 Å². The fourth-order valence-corrected chi connectivity index (χ4v) is 2.32. The number of carbonyl (C=O) groups is 1. The van der Waals surface area contributed by atoms with Crippen LogP contribution in [0.2, 0.25) is 0 Å². The van der Waals surface area contributed by atoms with E-state index in [0.29, 0.717) is 5.92 Å². The number of nitrogens with one attached hydrogen (secondary N) is 1. The molecule has 1 aliphatic rings. The molecule has 1 fully saturated rings. The van der Waals surface area contributed by atoms with Crippen molar-refractivity contribution >= 4 is 18.4 Å². The first-order valence-corrected chi connectivity index (χ1v) is 5.81. The number of benzene rings is 1. The van der Waals surface area contributed by atoms with Crippen LogP contribution in [0.1, 0.15) is 24.3 Å². The summed E-state index contributed by atoms with van der Waals surface area (Å²) in [4.78, 5) is 11.5. The predicted molar refractivity (Wildman–Crippen MR) is 71.1 cm³/mol. The largest absolute Gasteiger partial charge is 0.508 e. The van der Waals surface area contributed by atoms with Gasteiger partial charge in [0.25, 0.3) is 0 Å². The molecule has 1 aromatic carbocycles. The molecule has 2 rings (SSSR count). The molecule has 5 heteroatoms. The molecule has 4 nitrogen and oxygen atoms in total. The Bertz CT molecular complexity index is 411. The van der Waals surface area contributed by atoms with E-state index in [4.69, 9.17) is 4.74 Å². The summed E-state index contributed by atoms with van der Waals surface area (Å²) in [5, 5.41) is 12.6. The second-order valence-corrected chi connectivity index (χ2v) is 4.35. The molecule has 0 amide bonds.